The summed E-state index contributed by atoms with van der Waals surface area (Å²) in [6.45, 7) is 11.4. The maximum absolute atomic E-state index is 11.7. The zero-order valence-corrected chi connectivity index (χ0v) is 18.3. The summed E-state index contributed by atoms with van der Waals surface area (Å²) in [5.41, 5.74) is 6.41. The second-order valence-electron chi connectivity index (χ2n) is 8.84. The Bertz CT molecular complexity index is 912. The summed E-state index contributed by atoms with van der Waals surface area (Å²) in [5, 5.41) is 16.1. The van der Waals surface area contributed by atoms with Crippen molar-refractivity contribution in [3.05, 3.63) is 69.8 Å². The van der Waals surface area contributed by atoms with Gasteiger partial charge in [-0.1, -0.05) is 12.1 Å². The molecule has 0 bridgehead atoms. The molecule has 0 unspecified atom stereocenters. The van der Waals surface area contributed by atoms with Gasteiger partial charge in [-0.05, 0) is 65.8 Å². The first kappa shape index (κ1) is 24.6. The van der Waals surface area contributed by atoms with E-state index in [9.17, 15) is 19.7 Å². The molecule has 0 atom stereocenters. The summed E-state index contributed by atoms with van der Waals surface area (Å²) in [6, 6.07) is 12.6. The number of anilines is 1. The van der Waals surface area contributed by atoms with Gasteiger partial charge in [0, 0.05) is 40.0 Å². The molecule has 0 radical (unpaired) electrons. The van der Waals surface area contributed by atoms with Crippen LogP contribution in [0.2, 0.25) is 0 Å². The predicted octanol–water partition coefficient (Wildman–Crippen LogP) is 3.92. The molecular weight excluding hydrogens is 384 g/mol. The van der Waals surface area contributed by atoms with Gasteiger partial charge in [0.1, 0.15) is 0 Å². The number of amides is 2. The van der Waals surface area contributed by atoms with Crippen LogP contribution in [0.25, 0.3) is 0 Å². The van der Waals surface area contributed by atoms with E-state index >= 15 is 0 Å². The topological polar surface area (TPSA) is 127 Å². The lowest BCUT2D eigenvalue weighted by molar-refractivity contribution is -0.384. The fourth-order valence-corrected chi connectivity index (χ4v) is 2.27. The number of nitro benzene ring substituents is 1. The molecule has 2 aromatic carbocycles. The van der Waals surface area contributed by atoms with E-state index in [4.69, 9.17) is 5.73 Å². The first-order valence-corrected chi connectivity index (χ1v) is 9.43. The van der Waals surface area contributed by atoms with E-state index in [1.165, 1.54) is 18.2 Å². The highest BCUT2D eigenvalue weighted by Gasteiger charge is 2.17. The first-order chi connectivity index (χ1) is 13.7. The lowest BCUT2D eigenvalue weighted by Gasteiger charge is -2.20. The van der Waals surface area contributed by atoms with Crippen LogP contribution in [0.15, 0.2) is 48.5 Å². The van der Waals surface area contributed by atoms with Crippen molar-refractivity contribution < 1.29 is 14.5 Å². The van der Waals surface area contributed by atoms with E-state index in [1.807, 2.05) is 41.5 Å². The smallest absolute Gasteiger partial charge is 0.270 e. The third kappa shape index (κ3) is 9.18. The third-order valence-electron chi connectivity index (χ3n) is 3.45. The van der Waals surface area contributed by atoms with E-state index in [0.717, 1.165) is 0 Å². The zero-order chi connectivity index (χ0) is 23.1. The van der Waals surface area contributed by atoms with Gasteiger partial charge < -0.3 is 16.4 Å². The van der Waals surface area contributed by atoms with Gasteiger partial charge in [0.2, 0.25) is 0 Å². The molecular formula is C22H30N4O4. The number of nitrogens with two attached hydrogens (primary N) is 1. The van der Waals surface area contributed by atoms with Crippen LogP contribution in [-0.2, 0) is 0 Å². The van der Waals surface area contributed by atoms with Crippen LogP contribution >= 0.6 is 0 Å². The van der Waals surface area contributed by atoms with Gasteiger partial charge >= 0.3 is 0 Å². The highest BCUT2D eigenvalue weighted by atomic mass is 16.6. The second kappa shape index (κ2) is 9.87. The molecule has 2 aromatic rings. The van der Waals surface area contributed by atoms with Gasteiger partial charge in [0.25, 0.3) is 17.5 Å². The molecule has 0 saturated carbocycles. The number of nitrogens with one attached hydrogen (secondary N) is 2. The Morgan fingerprint density at radius 1 is 0.833 bits per heavy atom. The van der Waals surface area contributed by atoms with E-state index in [-0.39, 0.29) is 28.6 Å². The Kier molecular flexibility index (Phi) is 8.10. The fourth-order valence-electron chi connectivity index (χ4n) is 2.27. The van der Waals surface area contributed by atoms with E-state index < -0.39 is 4.92 Å². The Labute approximate surface area is 177 Å². The molecule has 0 aromatic heterocycles. The second-order valence-corrected chi connectivity index (χ2v) is 8.84. The number of hydrogen-bond donors (Lipinski definition) is 3. The standard InChI is InChI=1S/C11H14N2O3.C11H16N2O/c1-11(2,3)12-10(14)8-5-4-6-9(7-8)13(15)16;1-11(2,3)13-10(14)8-5-4-6-9(12)7-8/h4-7H,1-3H3,(H,12,14);4-7H,12H2,1-3H3,(H,13,14). The minimum Gasteiger partial charge on any atom is -0.399 e. The Morgan fingerprint density at radius 3 is 1.67 bits per heavy atom. The maximum Gasteiger partial charge on any atom is 0.270 e. The van der Waals surface area contributed by atoms with Gasteiger partial charge in [-0.15, -0.1) is 0 Å². The van der Waals surface area contributed by atoms with Crippen molar-refractivity contribution in [2.24, 2.45) is 0 Å². The summed E-state index contributed by atoms with van der Waals surface area (Å²) < 4.78 is 0. The lowest BCUT2D eigenvalue weighted by Crippen LogP contribution is -2.40. The fraction of sp³-hybridized carbons (Fsp3) is 0.364. The largest absolute Gasteiger partial charge is 0.399 e. The normalized spacial score (nSPS) is 11.0. The molecule has 30 heavy (non-hydrogen) atoms. The highest BCUT2D eigenvalue weighted by molar-refractivity contribution is 5.95. The molecule has 8 nitrogen and oxygen atoms in total. The molecule has 0 aliphatic heterocycles. The van der Waals surface area contributed by atoms with Crippen LogP contribution in [0.4, 0.5) is 11.4 Å². The number of nitrogens with zero attached hydrogens (tertiary/aromatic N) is 1. The number of rotatable bonds is 3. The summed E-state index contributed by atoms with van der Waals surface area (Å²) in [4.78, 5) is 33.4. The van der Waals surface area contributed by atoms with Crippen molar-refractivity contribution in [2.75, 3.05) is 5.73 Å². The Balaban J connectivity index is 0.000000303. The SMILES string of the molecule is CC(C)(C)NC(=O)c1cccc(N)c1.CC(C)(C)NC(=O)c1cccc([N+](=O)[O-])c1. The van der Waals surface area contributed by atoms with Crippen molar-refractivity contribution in [1.29, 1.82) is 0 Å². The van der Waals surface area contributed by atoms with Crippen molar-refractivity contribution in [3.63, 3.8) is 0 Å². The van der Waals surface area contributed by atoms with Crippen molar-refractivity contribution in [3.8, 4) is 0 Å². The minimum atomic E-state index is -0.520. The zero-order valence-electron chi connectivity index (χ0n) is 18.3. The van der Waals surface area contributed by atoms with Gasteiger partial charge in [-0.25, -0.2) is 0 Å². The molecule has 0 spiro atoms. The summed E-state index contributed by atoms with van der Waals surface area (Å²) in [7, 11) is 0. The average Bonchev–Trinajstić information content (AvgIpc) is 2.59. The first-order valence-electron chi connectivity index (χ1n) is 9.43. The van der Waals surface area contributed by atoms with Gasteiger partial charge in [-0.3, -0.25) is 19.7 Å². The van der Waals surface area contributed by atoms with Crippen LogP contribution in [0.5, 0.6) is 0 Å². The molecule has 0 saturated heterocycles. The van der Waals surface area contributed by atoms with E-state index in [1.54, 1.807) is 30.3 Å². The lowest BCUT2D eigenvalue weighted by atomic mass is 10.1. The molecule has 4 N–H and O–H groups in total. The monoisotopic (exact) mass is 414 g/mol. The van der Waals surface area contributed by atoms with Crippen LogP contribution in [0.1, 0.15) is 62.3 Å². The number of benzene rings is 2. The summed E-state index contributed by atoms with van der Waals surface area (Å²) in [5.74, 6) is -0.402. The van der Waals surface area contributed by atoms with Crippen LogP contribution < -0.4 is 16.4 Å². The molecule has 0 aliphatic carbocycles. The molecule has 0 fully saturated rings. The molecule has 8 heteroatoms. The highest BCUT2D eigenvalue weighted by Crippen LogP contribution is 2.14. The minimum absolute atomic E-state index is 0.0819. The Hall–Kier alpha value is -3.42. The number of hydrogen-bond acceptors (Lipinski definition) is 5. The van der Waals surface area contributed by atoms with Gasteiger partial charge in [0.05, 0.1) is 4.92 Å². The number of nitrogen functional groups attached to an aromatic ring is 1. The molecule has 2 rings (SSSR count). The summed E-state index contributed by atoms with van der Waals surface area (Å²) in [6.07, 6.45) is 0. The quantitative estimate of drug-likeness (QED) is 0.398. The number of carbonyl (C=O) groups is 2. The molecule has 0 heterocycles. The number of carbonyl (C=O) groups excluding carboxylic acids is 2. The van der Waals surface area contributed by atoms with Gasteiger partial charge in [0.15, 0.2) is 0 Å². The van der Waals surface area contributed by atoms with Gasteiger partial charge in [-0.2, -0.15) is 0 Å². The summed E-state index contributed by atoms with van der Waals surface area (Å²) >= 11 is 0. The van der Waals surface area contributed by atoms with Crippen LogP contribution in [0.3, 0.4) is 0 Å². The number of nitro groups is 1. The van der Waals surface area contributed by atoms with Crippen molar-refractivity contribution >= 4 is 23.2 Å². The van der Waals surface area contributed by atoms with E-state index in [0.29, 0.717) is 16.8 Å². The average molecular weight is 415 g/mol. The van der Waals surface area contributed by atoms with Crippen molar-refractivity contribution in [1.82, 2.24) is 10.6 Å². The van der Waals surface area contributed by atoms with Crippen molar-refractivity contribution in [2.45, 2.75) is 52.6 Å². The van der Waals surface area contributed by atoms with E-state index in [2.05, 4.69) is 10.6 Å². The third-order valence-corrected chi connectivity index (χ3v) is 3.45. The number of non-ortho nitro benzene ring substituents is 1. The van der Waals surface area contributed by atoms with Crippen LogP contribution in [0, 0.1) is 10.1 Å². The molecule has 2 amide bonds. The maximum atomic E-state index is 11.7. The molecule has 0 aliphatic rings. The Morgan fingerprint density at radius 2 is 1.27 bits per heavy atom. The predicted molar refractivity (Wildman–Crippen MR) is 118 cm³/mol. The van der Waals surface area contributed by atoms with Crippen LogP contribution in [-0.4, -0.2) is 27.8 Å². The molecule has 162 valence electrons.